The fourth-order valence-corrected chi connectivity index (χ4v) is 2.87. The van der Waals surface area contributed by atoms with E-state index in [2.05, 4.69) is 0 Å². The van der Waals surface area contributed by atoms with Crippen LogP contribution in [0.1, 0.15) is 31.2 Å². The van der Waals surface area contributed by atoms with Gasteiger partial charge in [-0.1, -0.05) is 12.1 Å². The van der Waals surface area contributed by atoms with Crippen LogP contribution in [0, 0.1) is 5.82 Å². The van der Waals surface area contributed by atoms with Gasteiger partial charge in [0.2, 0.25) is 0 Å². The molecule has 16 heavy (non-hydrogen) atoms. The smallest absolute Gasteiger partial charge is 0.165 e. The van der Waals surface area contributed by atoms with E-state index >= 15 is 0 Å². The minimum atomic E-state index is -0.282. The van der Waals surface area contributed by atoms with Crippen molar-refractivity contribution < 1.29 is 9.13 Å². The van der Waals surface area contributed by atoms with E-state index in [4.69, 9.17) is 10.5 Å². The summed E-state index contributed by atoms with van der Waals surface area (Å²) in [4.78, 5) is 0. The molecule has 2 nitrogen and oxygen atoms in total. The molecule has 3 heteroatoms. The standard InChI is InChI=1S/C13H16FNO/c1-16-11-9(3-2-4-10(11)14)12(5-6-12)13(15)7-8-13/h2-4H,5-8,15H2,1H3. The molecule has 0 aliphatic heterocycles. The largest absolute Gasteiger partial charge is 0.493 e. The molecule has 86 valence electrons. The van der Waals surface area contributed by atoms with Gasteiger partial charge in [-0.05, 0) is 31.7 Å². The molecular weight excluding hydrogens is 205 g/mol. The van der Waals surface area contributed by atoms with E-state index in [0.717, 1.165) is 31.2 Å². The van der Waals surface area contributed by atoms with Gasteiger partial charge in [0, 0.05) is 16.5 Å². The Balaban J connectivity index is 2.10. The predicted octanol–water partition coefficient (Wildman–Crippen LogP) is 2.36. The van der Waals surface area contributed by atoms with E-state index in [1.54, 1.807) is 6.07 Å². The molecule has 0 unspecified atom stereocenters. The first kappa shape index (κ1) is 10.1. The van der Waals surface area contributed by atoms with Gasteiger partial charge >= 0.3 is 0 Å². The number of para-hydroxylation sites is 1. The number of methoxy groups -OCH3 is 1. The fourth-order valence-electron chi connectivity index (χ4n) is 2.87. The van der Waals surface area contributed by atoms with Crippen LogP contribution in [0.3, 0.4) is 0 Å². The molecule has 2 fully saturated rings. The highest BCUT2D eigenvalue weighted by molar-refractivity contribution is 5.49. The second kappa shape index (κ2) is 2.98. The van der Waals surface area contributed by atoms with Crippen LogP contribution in [-0.2, 0) is 5.41 Å². The first-order valence-corrected chi connectivity index (χ1v) is 5.75. The molecule has 0 aromatic heterocycles. The van der Waals surface area contributed by atoms with Crippen LogP contribution >= 0.6 is 0 Å². The van der Waals surface area contributed by atoms with Gasteiger partial charge in [-0.15, -0.1) is 0 Å². The average Bonchev–Trinajstić information content (AvgIpc) is 3.13. The van der Waals surface area contributed by atoms with Gasteiger partial charge in [0.15, 0.2) is 11.6 Å². The quantitative estimate of drug-likeness (QED) is 0.850. The first-order chi connectivity index (χ1) is 7.63. The van der Waals surface area contributed by atoms with Gasteiger partial charge in [-0.2, -0.15) is 0 Å². The third kappa shape index (κ3) is 1.15. The van der Waals surface area contributed by atoms with Gasteiger partial charge in [-0.3, -0.25) is 0 Å². The lowest BCUT2D eigenvalue weighted by atomic mass is 9.85. The lowest BCUT2D eigenvalue weighted by Crippen LogP contribution is -2.37. The van der Waals surface area contributed by atoms with Crippen LogP contribution in [-0.4, -0.2) is 12.6 Å². The molecule has 0 spiro atoms. The maximum atomic E-state index is 13.7. The second-order valence-corrected chi connectivity index (χ2v) is 5.06. The van der Waals surface area contributed by atoms with E-state index in [9.17, 15) is 4.39 Å². The third-order valence-electron chi connectivity index (χ3n) is 4.18. The summed E-state index contributed by atoms with van der Waals surface area (Å²) in [6.45, 7) is 0. The number of halogens is 1. The Morgan fingerprint density at radius 2 is 1.94 bits per heavy atom. The zero-order chi connectivity index (χ0) is 11.4. The zero-order valence-electron chi connectivity index (χ0n) is 9.42. The van der Waals surface area contributed by atoms with Crippen LogP contribution < -0.4 is 10.5 Å². The van der Waals surface area contributed by atoms with E-state index in [1.807, 2.05) is 6.07 Å². The average molecular weight is 221 g/mol. The lowest BCUT2D eigenvalue weighted by Gasteiger charge is -2.25. The van der Waals surface area contributed by atoms with Gasteiger partial charge in [0.25, 0.3) is 0 Å². The van der Waals surface area contributed by atoms with Crippen LogP contribution in [0.2, 0.25) is 0 Å². The monoisotopic (exact) mass is 221 g/mol. The molecule has 2 aliphatic rings. The highest BCUT2D eigenvalue weighted by Gasteiger charge is 2.65. The number of rotatable bonds is 3. The summed E-state index contributed by atoms with van der Waals surface area (Å²) >= 11 is 0. The Morgan fingerprint density at radius 3 is 2.44 bits per heavy atom. The van der Waals surface area contributed by atoms with Gasteiger partial charge in [-0.25, -0.2) is 4.39 Å². The number of nitrogens with two attached hydrogens (primary N) is 1. The first-order valence-electron chi connectivity index (χ1n) is 5.75. The second-order valence-electron chi connectivity index (χ2n) is 5.06. The molecule has 3 rings (SSSR count). The van der Waals surface area contributed by atoms with Crippen molar-refractivity contribution in [2.75, 3.05) is 7.11 Å². The summed E-state index contributed by atoms with van der Waals surface area (Å²) in [5.74, 6) is 0.104. The van der Waals surface area contributed by atoms with Gasteiger partial charge < -0.3 is 10.5 Å². The molecular formula is C13H16FNO. The number of benzene rings is 1. The SMILES string of the molecule is COc1c(F)cccc1C1(C2(N)CC2)CC1. The summed E-state index contributed by atoms with van der Waals surface area (Å²) < 4.78 is 18.8. The molecule has 2 saturated carbocycles. The van der Waals surface area contributed by atoms with Crippen LogP contribution in [0.4, 0.5) is 4.39 Å². The maximum Gasteiger partial charge on any atom is 0.165 e. The highest BCUT2D eigenvalue weighted by atomic mass is 19.1. The summed E-state index contributed by atoms with van der Waals surface area (Å²) in [5, 5.41) is 0. The predicted molar refractivity (Wildman–Crippen MR) is 60.0 cm³/mol. The van der Waals surface area contributed by atoms with Crippen molar-refractivity contribution in [1.82, 2.24) is 0 Å². The zero-order valence-corrected chi connectivity index (χ0v) is 9.42. The van der Waals surface area contributed by atoms with Gasteiger partial charge in [0.1, 0.15) is 0 Å². The summed E-state index contributed by atoms with van der Waals surface area (Å²) in [6.07, 6.45) is 4.21. The molecule has 0 saturated heterocycles. The number of hydrogen-bond donors (Lipinski definition) is 1. The molecule has 0 radical (unpaired) electrons. The summed E-state index contributed by atoms with van der Waals surface area (Å²) in [6, 6.07) is 5.15. The van der Waals surface area contributed by atoms with Crippen molar-refractivity contribution in [3.63, 3.8) is 0 Å². The highest BCUT2D eigenvalue weighted by Crippen LogP contribution is 2.65. The minimum absolute atomic E-state index is 0.0134. The lowest BCUT2D eigenvalue weighted by molar-refractivity contribution is 0.368. The Hall–Kier alpha value is -1.09. The topological polar surface area (TPSA) is 35.2 Å². The molecule has 2 aliphatic carbocycles. The van der Waals surface area contributed by atoms with E-state index in [0.29, 0.717) is 5.75 Å². The van der Waals surface area contributed by atoms with E-state index in [-0.39, 0.29) is 16.8 Å². The molecule has 1 aromatic rings. The van der Waals surface area contributed by atoms with Gasteiger partial charge in [0.05, 0.1) is 7.11 Å². The molecule has 1 aromatic carbocycles. The van der Waals surface area contributed by atoms with Crippen molar-refractivity contribution in [2.24, 2.45) is 5.73 Å². The molecule has 0 atom stereocenters. The molecule has 0 amide bonds. The van der Waals surface area contributed by atoms with Crippen molar-refractivity contribution in [3.8, 4) is 5.75 Å². The van der Waals surface area contributed by atoms with Crippen molar-refractivity contribution in [2.45, 2.75) is 36.6 Å². The number of hydrogen-bond acceptors (Lipinski definition) is 2. The van der Waals surface area contributed by atoms with E-state index in [1.165, 1.54) is 13.2 Å². The molecule has 2 N–H and O–H groups in total. The Morgan fingerprint density at radius 1 is 1.25 bits per heavy atom. The third-order valence-corrected chi connectivity index (χ3v) is 4.18. The molecule has 0 bridgehead atoms. The van der Waals surface area contributed by atoms with Crippen molar-refractivity contribution >= 4 is 0 Å². The van der Waals surface area contributed by atoms with Crippen LogP contribution in [0.25, 0.3) is 0 Å². The van der Waals surface area contributed by atoms with Crippen molar-refractivity contribution in [1.29, 1.82) is 0 Å². The minimum Gasteiger partial charge on any atom is -0.493 e. The van der Waals surface area contributed by atoms with E-state index < -0.39 is 0 Å². The Labute approximate surface area is 94.6 Å². The van der Waals surface area contributed by atoms with Crippen LogP contribution in [0.15, 0.2) is 18.2 Å². The van der Waals surface area contributed by atoms with Crippen LogP contribution in [0.5, 0.6) is 5.75 Å². The Bertz CT molecular complexity index is 436. The normalized spacial score (nSPS) is 23.9. The summed E-state index contributed by atoms with van der Waals surface area (Å²) in [5.41, 5.74) is 7.17. The fraction of sp³-hybridized carbons (Fsp3) is 0.538. The summed E-state index contributed by atoms with van der Waals surface area (Å²) in [7, 11) is 1.52. The Kier molecular flexibility index (Phi) is 1.88. The molecule has 0 heterocycles. The maximum absolute atomic E-state index is 13.7. The van der Waals surface area contributed by atoms with Crippen molar-refractivity contribution in [3.05, 3.63) is 29.6 Å². The number of ether oxygens (including phenoxy) is 1.